The van der Waals surface area contributed by atoms with Gasteiger partial charge in [0.25, 0.3) is 5.91 Å². The molecule has 5 fully saturated rings. The zero-order chi connectivity index (χ0) is 23.3. The molecule has 5 aliphatic rings. The number of Topliss-reactive ketones (excluding diaryl/α,β-unsaturated/α-hetero) is 1. The van der Waals surface area contributed by atoms with Gasteiger partial charge in [-0.25, -0.2) is 0 Å². The summed E-state index contributed by atoms with van der Waals surface area (Å²) >= 11 is 0. The number of fused-ring (bicyclic) bond motifs is 3. The standard InChI is InChI=1S/C26H33NO7/c1-16(28)17-8-10-18(11-9-17)27-23(29)21-19-20(32-25(31-19)12-4-2-5-13-25)22-24(30-21)34-26(33-22)14-6-3-7-15-26/h8-11,19-22,24H,2-7,12-15H2,1H3,(H,27,29)/t19-,20-,21-,22+,24-/m0/s1. The Bertz CT molecular complexity index is 935. The van der Waals surface area contributed by atoms with Crippen molar-refractivity contribution in [3.8, 4) is 0 Å². The number of anilines is 1. The summed E-state index contributed by atoms with van der Waals surface area (Å²) in [5.74, 6) is -1.67. The number of carbonyl (C=O) groups excluding carboxylic acids is 2. The maximum atomic E-state index is 13.4. The van der Waals surface area contributed by atoms with Gasteiger partial charge in [-0.3, -0.25) is 9.59 Å². The monoisotopic (exact) mass is 471 g/mol. The first-order valence-corrected chi connectivity index (χ1v) is 12.7. The number of nitrogens with one attached hydrogen (secondary N) is 1. The van der Waals surface area contributed by atoms with E-state index < -0.39 is 42.3 Å². The van der Waals surface area contributed by atoms with Crippen molar-refractivity contribution in [3.63, 3.8) is 0 Å². The van der Waals surface area contributed by atoms with E-state index in [4.69, 9.17) is 23.7 Å². The maximum absolute atomic E-state index is 13.4. The zero-order valence-electron chi connectivity index (χ0n) is 19.6. The zero-order valence-corrected chi connectivity index (χ0v) is 19.6. The van der Waals surface area contributed by atoms with Gasteiger partial charge in [0.05, 0.1) is 0 Å². The second-order valence-electron chi connectivity index (χ2n) is 10.4. The molecule has 8 nitrogen and oxygen atoms in total. The minimum atomic E-state index is -0.887. The van der Waals surface area contributed by atoms with Gasteiger partial charge in [0.15, 0.2) is 29.8 Å². The number of benzene rings is 1. The van der Waals surface area contributed by atoms with Gasteiger partial charge >= 0.3 is 0 Å². The highest BCUT2D eigenvalue weighted by Crippen LogP contribution is 2.51. The number of carbonyl (C=O) groups is 2. The number of amides is 1. The molecule has 1 N–H and O–H groups in total. The van der Waals surface area contributed by atoms with Gasteiger partial charge in [0, 0.05) is 36.9 Å². The van der Waals surface area contributed by atoms with E-state index in [-0.39, 0.29) is 11.7 Å². The van der Waals surface area contributed by atoms with Crippen molar-refractivity contribution >= 4 is 17.4 Å². The summed E-state index contributed by atoms with van der Waals surface area (Å²) in [5, 5.41) is 2.93. The number of ketones is 1. The number of rotatable bonds is 3. The lowest BCUT2D eigenvalue weighted by molar-refractivity contribution is -0.246. The molecule has 0 bridgehead atoms. The summed E-state index contributed by atoms with van der Waals surface area (Å²) in [5.41, 5.74) is 1.19. The molecular weight excluding hydrogens is 438 g/mol. The van der Waals surface area contributed by atoms with E-state index in [1.54, 1.807) is 24.3 Å². The molecule has 3 aliphatic heterocycles. The average Bonchev–Trinajstić information content (AvgIpc) is 3.37. The number of hydrogen-bond acceptors (Lipinski definition) is 7. The summed E-state index contributed by atoms with van der Waals surface area (Å²) in [6.45, 7) is 1.52. The largest absolute Gasteiger partial charge is 0.341 e. The molecule has 1 aromatic rings. The Kier molecular flexibility index (Phi) is 5.77. The van der Waals surface area contributed by atoms with Gasteiger partial charge in [-0.2, -0.15) is 0 Å². The lowest BCUT2D eigenvalue weighted by Gasteiger charge is -2.36. The van der Waals surface area contributed by atoms with Crippen LogP contribution in [0.15, 0.2) is 24.3 Å². The van der Waals surface area contributed by atoms with Crippen molar-refractivity contribution in [1.82, 2.24) is 0 Å². The lowest BCUT2D eigenvalue weighted by Crippen LogP contribution is -2.58. The van der Waals surface area contributed by atoms with Gasteiger partial charge in [-0.15, -0.1) is 0 Å². The Balaban J connectivity index is 1.25. The number of hydrogen-bond donors (Lipinski definition) is 1. The summed E-state index contributed by atoms with van der Waals surface area (Å²) in [4.78, 5) is 25.0. The molecule has 2 aliphatic carbocycles. The van der Waals surface area contributed by atoms with Crippen molar-refractivity contribution in [3.05, 3.63) is 29.8 Å². The third-order valence-corrected chi connectivity index (χ3v) is 7.93. The minimum absolute atomic E-state index is 0.0216. The molecule has 3 heterocycles. The van der Waals surface area contributed by atoms with E-state index in [1.165, 1.54) is 13.3 Å². The molecule has 1 aromatic carbocycles. The predicted octanol–water partition coefficient (Wildman–Crippen LogP) is 4.07. The highest BCUT2D eigenvalue weighted by molar-refractivity contribution is 5.97. The van der Waals surface area contributed by atoms with E-state index in [2.05, 4.69) is 5.32 Å². The Hall–Kier alpha value is -1.84. The van der Waals surface area contributed by atoms with Gasteiger partial charge in [0.2, 0.25) is 0 Å². The van der Waals surface area contributed by atoms with Crippen LogP contribution in [0, 0.1) is 0 Å². The molecular formula is C26H33NO7. The molecule has 0 aromatic heterocycles. The average molecular weight is 472 g/mol. The fraction of sp³-hybridized carbons (Fsp3) is 0.692. The molecule has 2 saturated carbocycles. The minimum Gasteiger partial charge on any atom is -0.341 e. The van der Waals surface area contributed by atoms with Crippen LogP contribution in [-0.2, 0) is 28.5 Å². The Morgan fingerprint density at radius 2 is 1.32 bits per heavy atom. The molecule has 0 unspecified atom stereocenters. The van der Waals surface area contributed by atoms with Crippen LogP contribution in [0.5, 0.6) is 0 Å². The smallest absolute Gasteiger partial charge is 0.256 e. The Morgan fingerprint density at radius 3 is 1.94 bits per heavy atom. The molecule has 5 atom stereocenters. The molecule has 184 valence electrons. The second-order valence-corrected chi connectivity index (χ2v) is 10.4. The Morgan fingerprint density at radius 1 is 0.765 bits per heavy atom. The lowest BCUT2D eigenvalue weighted by atomic mass is 9.94. The van der Waals surface area contributed by atoms with Crippen molar-refractivity contribution in [2.24, 2.45) is 0 Å². The maximum Gasteiger partial charge on any atom is 0.256 e. The van der Waals surface area contributed by atoms with Crippen molar-refractivity contribution in [2.75, 3.05) is 5.32 Å². The highest BCUT2D eigenvalue weighted by Gasteiger charge is 2.65. The van der Waals surface area contributed by atoms with Crippen molar-refractivity contribution < 1.29 is 33.3 Å². The quantitative estimate of drug-likeness (QED) is 0.664. The molecule has 6 rings (SSSR count). The second kappa shape index (κ2) is 8.68. The molecule has 3 saturated heterocycles. The van der Waals surface area contributed by atoms with Crippen LogP contribution in [0.1, 0.15) is 81.5 Å². The third kappa shape index (κ3) is 3.99. The van der Waals surface area contributed by atoms with E-state index >= 15 is 0 Å². The molecule has 34 heavy (non-hydrogen) atoms. The first-order valence-electron chi connectivity index (χ1n) is 12.7. The normalized spacial score (nSPS) is 35.6. The molecule has 8 heteroatoms. The summed E-state index contributed by atoms with van der Waals surface area (Å²) in [7, 11) is 0. The van der Waals surface area contributed by atoms with E-state index in [9.17, 15) is 9.59 Å². The number of ether oxygens (including phenoxy) is 5. The van der Waals surface area contributed by atoms with Gasteiger partial charge in [0.1, 0.15) is 18.3 Å². The van der Waals surface area contributed by atoms with E-state index in [1.807, 2.05) is 0 Å². The summed E-state index contributed by atoms with van der Waals surface area (Å²) in [6, 6.07) is 6.84. The van der Waals surface area contributed by atoms with Crippen LogP contribution in [0.2, 0.25) is 0 Å². The van der Waals surface area contributed by atoms with E-state index in [0.717, 1.165) is 57.8 Å². The fourth-order valence-corrected chi connectivity index (χ4v) is 6.17. The molecule has 1 amide bonds. The van der Waals surface area contributed by atoms with Gasteiger partial charge in [-0.05, 0) is 56.9 Å². The van der Waals surface area contributed by atoms with Crippen LogP contribution in [0.4, 0.5) is 5.69 Å². The van der Waals surface area contributed by atoms with Crippen LogP contribution >= 0.6 is 0 Å². The first kappa shape index (κ1) is 22.6. The van der Waals surface area contributed by atoms with Crippen LogP contribution < -0.4 is 5.32 Å². The van der Waals surface area contributed by atoms with Crippen LogP contribution in [0.3, 0.4) is 0 Å². The van der Waals surface area contributed by atoms with Crippen LogP contribution in [0.25, 0.3) is 0 Å². The fourth-order valence-electron chi connectivity index (χ4n) is 6.17. The first-order chi connectivity index (χ1) is 16.5. The Labute approximate surface area is 199 Å². The van der Waals surface area contributed by atoms with Crippen molar-refractivity contribution in [1.29, 1.82) is 0 Å². The predicted molar refractivity (Wildman–Crippen MR) is 121 cm³/mol. The third-order valence-electron chi connectivity index (χ3n) is 7.93. The molecule has 0 radical (unpaired) electrons. The van der Waals surface area contributed by atoms with Crippen LogP contribution in [-0.4, -0.2) is 54.0 Å². The molecule has 2 spiro atoms. The van der Waals surface area contributed by atoms with Gasteiger partial charge < -0.3 is 29.0 Å². The SMILES string of the molecule is CC(=O)c1ccc(NC(=O)[C@H]2O[C@H]3OC4(CCCCC4)O[C@@H]3[C@H]3OC4(CCCCC4)O[C@@H]32)cc1. The summed E-state index contributed by atoms with van der Waals surface area (Å²) in [6.07, 6.45) is 6.82. The highest BCUT2D eigenvalue weighted by atomic mass is 16.9. The van der Waals surface area contributed by atoms with Gasteiger partial charge in [-0.1, -0.05) is 12.8 Å². The summed E-state index contributed by atoms with van der Waals surface area (Å²) < 4.78 is 32.2. The topological polar surface area (TPSA) is 92.3 Å². The van der Waals surface area contributed by atoms with Crippen molar-refractivity contribution in [2.45, 2.75) is 113 Å². The van der Waals surface area contributed by atoms with E-state index in [0.29, 0.717) is 11.3 Å².